The quantitative estimate of drug-likeness (QED) is 0.907. The highest BCUT2D eigenvalue weighted by Gasteiger charge is 2.31. The molecule has 21 heavy (non-hydrogen) atoms. The predicted molar refractivity (Wildman–Crippen MR) is 67.2 cm³/mol. The SMILES string of the molecule is O=C(O)c1cccc(-c2cc(O)cc(OC(F)(F)F)c2)c1. The Hall–Kier alpha value is -2.70. The summed E-state index contributed by atoms with van der Waals surface area (Å²) in [4.78, 5) is 10.9. The molecule has 0 aromatic heterocycles. The molecule has 0 heterocycles. The highest BCUT2D eigenvalue weighted by Crippen LogP contribution is 2.32. The Labute approximate surface area is 117 Å². The molecular weight excluding hydrogens is 289 g/mol. The molecule has 2 rings (SSSR count). The molecule has 2 aromatic rings. The average Bonchev–Trinajstić information content (AvgIpc) is 2.36. The van der Waals surface area contributed by atoms with Crippen molar-refractivity contribution in [3.8, 4) is 22.6 Å². The van der Waals surface area contributed by atoms with Crippen LogP contribution in [0.15, 0.2) is 42.5 Å². The Balaban J connectivity index is 2.44. The average molecular weight is 298 g/mol. The van der Waals surface area contributed by atoms with Gasteiger partial charge in [-0.05, 0) is 35.4 Å². The minimum Gasteiger partial charge on any atom is -0.508 e. The van der Waals surface area contributed by atoms with Crippen molar-refractivity contribution in [2.75, 3.05) is 0 Å². The van der Waals surface area contributed by atoms with E-state index >= 15 is 0 Å². The zero-order valence-corrected chi connectivity index (χ0v) is 10.4. The van der Waals surface area contributed by atoms with E-state index in [-0.39, 0.29) is 11.1 Å². The Kier molecular flexibility index (Phi) is 3.75. The van der Waals surface area contributed by atoms with Crippen LogP contribution in [-0.4, -0.2) is 22.5 Å². The van der Waals surface area contributed by atoms with Crippen molar-refractivity contribution in [2.45, 2.75) is 6.36 Å². The van der Waals surface area contributed by atoms with Crippen LogP contribution in [0, 0.1) is 0 Å². The lowest BCUT2D eigenvalue weighted by atomic mass is 10.0. The number of phenols is 1. The van der Waals surface area contributed by atoms with E-state index in [0.29, 0.717) is 5.56 Å². The fourth-order valence-electron chi connectivity index (χ4n) is 1.77. The summed E-state index contributed by atoms with van der Waals surface area (Å²) in [6.07, 6.45) is -4.88. The number of carbonyl (C=O) groups is 1. The van der Waals surface area contributed by atoms with Crippen LogP contribution in [0.5, 0.6) is 11.5 Å². The van der Waals surface area contributed by atoms with Gasteiger partial charge in [0.25, 0.3) is 0 Å². The van der Waals surface area contributed by atoms with E-state index in [0.717, 1.165) is 12.1 Å². The molecule has 0 saturated heterocycles. The molecule has 2 N–H and O–H groups in total. The molecule has 4 nitrogen and oxygen atoms in total. The van der Waals surface area contributed by atoms with Crippen molar-refractivity contribution >= 4 is 5.97 Å². The summed E-state index contributed by atoms with van der Waals surface area (Å²) in [5.41, 5.74) is 0.532. The molecule has 0 spiro atoms. The van der Waals surface area contributed by atoms with Crippen molar-refractivity contribution < 1.29 is 32.9 Å². The van der Waals surface area contributed by atoms with Crippen LogP contribution < -0.4 is 4.74 Å². The monoisotopic (exact) mass is 298 g/mol. The molecule has 0 fully saturated rings. The van der Waals surface area contributed by atoms with Gasteiger partial charge in [0.2, 0.25) is 0 Å². The summed E-state index contributed by atoms with van der Waals surface area (Å²) in [5.74, 6) is -2.17. The first-order valence-corrected chi connectivity index (χ1v) is 5.68. The van der Waals surface area contributed by atoms with Gasteiger partial charge in [0.1, 0.15) is 11.5 Å². The molecule has 0 unspecified atom stereocenters. The Morgan fingerprint density at radius 1 is 1.05 bits per heavy atom. The van der Waals surface area contributed by atoms with Gasteiger partial charge in [-0.15, -0.1) is 13.2 Å². The second-order valence-electron chi connectivity index (χ2n) is 4.15. The van der Waals surface area contributed by atoms with Crippen molar-refractivity contribution in [1.82, 2.24) is 0 Å². The maximum absolute atomic E-state index is 12.2. The molecule has 110 valence electrons. The number of carboxylic acids is 1. The molecule has 2 aromatic carbocycles. The summed E-state index contributed by atoms with van der Waals surface area (Å²) in [5, 5.41) is 18.4. The number of ether oxygens (including phenoxy) is 1. The molecule has 0 amide bonds. The Morgan fingerprint density at radius 2 is 1.76 bits per heavy atom. The summed E-state index contributed by atoms with van der Waals surface area (Å²) in [6.45, 7) is 0. The van der Waals surface area contributed by atoms with Crippen LogP contribution in [0.4, 0.5) is 13.2 Å². The first kappa shape index (κ1) is 14.7. The van der Waals surface area contributed by atoms with Crippen LogP contribution in [0.3, 0.4) is 0 Å². The van der Waals surface area contributed by atoms with Gasteiger partial charge in [0.05, 0.1) is 5.56 Å². The number of phenolic OH excluding ortho intramolecular Hbond substituents is 1. The minimum absolute atomic E-state index is 0.0193. The lowest BCUT2D eigenvalue weighted by Crippen LogP contribution is -2.17. The Bertz CT molecular complexity index is 680. The number of rotatable bonds is 3. The van der Waals surface area contributed by atoms with Crippen LogP contribution in [-0.2, 0) is 0 Å². The number of aromatic carboxylic acids is 1. The zero-order valence-electron chi connectivity index (χ0n) is 10.4. The standard InChI is InChI=1S/C14H9F3O4/c15-14(16,17)21-12-6-10(5-11(18)7-12)8-2-1-3-9(4-8)13(19)20/h1-7,18H,(H,19,20). The van der Waals surface area contributed by atoms with Gasteiger partial charge in [-0.1, -0.05) is 12.1 Å². The highest BCUT2D eigenvalue weighted by molar-refractivity contribution is 5.89. The second kappa shape index (κ2) is 5.35. The normalized spacial score (nSPS) is 11.2. The molecule has 7 heteroatoms. The van der Waals surface area contributed by atoms with Crippen LogP contribution in [0.2, 0.25) is 0 Å². The van der Waals surface area contributed by atoms with Crippen molar-refractivity contribution in [3.05, 3.63) is 48.0 Å². The van der Waals surface area contributed by atoms with E-state index in [4.69, 9.17) is 5.11 Å². The van der Waals surface area contributed by atoms with E-state index in [2.05, 4.69) is 4.74 Å². The van der Waals surface area contributed by atoms with Gasteiger partial charge in [-0.25, -0.2) is 4.79 Å². The second-order valence-corrected chi connectivity index (χ2v) is 4.15. The highest BCUT2D eigenvalue weighted by atomic mass is 19.4. The van der Waals surface area contributed by atoms with Crippen molar-refractivity contribution in [3.63, 3.8) is 0 Å². The number of carboxylic acid groups (broad SMARTS) is 1. The third-order valence-corrected chi connectivity index (χ3v) is 2.57. The molecule has 0 atom stereocenters. The summed E-state index contributed by atoms with van der Waals surface area (Å²) >= 11 is 0. The molecule has 0 bridgehead atoms. The van der Waals surface area contributed by atoms with Crippen molar-refractivity contribution in [2.24, 2.45) is 0 Å². The van der Waals surface area contributed by atoms with Crippen LogP contribution in [0.1, 0.15) is 10.4 Å². The van der Waals surface area contributed by atoms with Gasteiger partial charge in [-0.2, -0.15) is 0 Å². The van der Waals surface area contributed by atoms with Gasteiger partial charge in [0.15, 0.2) is 0 Å². The number of benzene rings is 2. The lowest BCUT2D eigenvalue weighted by molar-refractivity contribution is -0.274. The van der Waals surface area contributed by atoms with Crippen LogP contribution in [0.25, 0.3) is 11.1 Å². The summed E-state index contributed by atoms with van der Waals surface area (Å²) in [7, 11) is 0. The fourth-order valence-corrected chi connectivity index (χ4v) is 1.77. The zero-order chi connectivity index (χ0) is 15.6. The first-order valence-electron chi connectivity index (χ1n) is 5.68. The molecule has 0 saturated carbocycles. The third-order valence-electron chi connectivity index (χ3n) is 2.57. The first-order chi connectivity index (χ1) is 9.74. The Morgan fingerprint density at radius 3 is 2.38 bits per heavy atom. The van der Waals surface area contributed by atoms with Crippen molar-refractivity contribution in [1.29, 1.82) is 0 Å². The van der Waals surface area contributed by atoms with Gasteiger partial charge in [0, 0.05) is 6.07 Å². The lowest BCUT2D eigenvalue weighted by Gasteiger charge is -2.11. The topological polar surface area (TPSA) is 66.8 Å². The summed E-state index contributed by atoms with van der Waals surface area (Å²) in [6, 6.07) is 8.69. The van der Waals surface area contributed by atoms with E-state index in [1.807, 2.05) is 0 Å². The van der Waals surface area contributed by atoms with Gasteiger partial charge < -0.3 is 14.9 Å². The van der Waals surface area contributed by atoms with Gasteiger partial charge in [-0.3, -0.25) is 0 Å². The minimum atomic E-state index is -4.88. The van der Waals surface area contributed by atoms with E-state index in [1.165, 1.54) is 30.3 Å². The third kappa shape index (κ3) is 3.88. The molecule has 0 aliphatic heterocycles. The fraction of sp³-hybridized carbons (Fsp3) is 0.0714. The van der Waals surface area contributed by atoms with E-state index < -0.39 is 23.8 Å². The smallest absolute Gasteiger partial charge is 0.508 e. The molecular formula is C14H9F3O4. The molecule has 0 radical (unpaired) electrons. The summed E-state index contributed by atoms with van der Waals surface area (Å²) < 4.78 is 40.3. The maximum atomic E-state index is 12.2. The molecule has 0 aliphatic rings. The number of hydrogen-bond donors (Lipinski definition) is 2. The van der Waals surface area contributed by atoms with Gasteiger partial charge >= 0.3 is 12.3 Å². The number of halogens is 3. The van der Waals surface area contributed by atoms with E-state index in [1.54, 1.807) is 0 Å². The van der Waals surface area contributed by atoms with Crippen LogP contribution >= 0.6 is 0 Å². The number of aromatic hydroxyl groups is 1. The number of alkyl halides is 3. The number of hydrogen-bond acceptors (Lipinski definition) is 3. The van der Waals surface area contributed by atoms with E-state index in [9.17, 15) is 23.1 Å². The maximum Gasteiger partial charge on any atom is 0.573 e. The largest absolute Gasteiger partial charge is 0.573 e. The molecule has 0 aliphatic carbocycles. The predicted octanol–water partition coefficient (Wildman–Crippen LogP) is 3.66.